The smallest absolute Gasteiger partial charge is 0.291 e. The summed E-state index contributed by atoms with van der Waals surface area (Å²) in [5.74, 6) is 3.14. The average Bonchev–Trinajstić information content (AvgIpc) is 3.40. The first-order valence-corrected chi connectivity index (χ1v) is 11.3. The summed E-state index contributed by atoms with van der Waals surface area (Å²) in [5.41, 5.74) is 2.78. The summed E-state index contributed by atoms with van der Waals surface area (Å²) in [6.07, 6.45) is 4.44. The van der Waals surface area contributed by atoms with Crippen molar-refractivity contribution in [2.24, 2.45) is 0 Å². The molecule has 7 heteroatoms. The van der Waals surface area contributed by atoms with E-state index in [0.29, 0.717) is 11.4 Å². The number of furan rings is 1. The van der Waals surface area contributed by atoms with Crippen molar-refractivity contribution in [3.8, 4) is 17.1 Å². The SMILES string of the molecule is Cc1ccc(OCc2ccc(C(=O)Nc3cccc(-c4nnc5n4CCCCC5)c3)o2)cc1. The molecule has 0 unspecified atom stereocenters. The Hall–Kier alpha value is -3.87. The van der Waals surface area contributed by atoms with Crippen LogP contribution in [0, 0.1) is 6.92 Å². The zero-order valence-electron chi connectivity index (χ0n) is 18.6. The Kier molecular flexibility index (Phi) is 5.93. The molecule has 0 spiro atoms. The summed E-state index contributed by atoms with van der Waals surface area (Å²) < 4.78 is 13.6. The highest BCUT2D eigenvalue weighted by molar-refractivity contribution is 6.02. The second kappa shape index (κ2) is 9.32. The lowest BCUT2D eigenvalue weighted by Crippen LogP contribution is -2.11. The van der Waals surface area contributed by atoms with Crippen LogP contribution in [0.25, 0.3) is 11.4 Å². The van der Waals surface area contributed by atoms with Crippen LogP contribution in [0.3, 0.4) is 0 Å². The summed E-state index contributed by atoms with van der Waals surface area (Å²) in [5, 5.41) is 11.7. The monoisotopic (exact) mass is 442 g/mol. The number of hydrogen-bond donors (Lipinski definition) is 1. The predicted molar refractivity (Wildman–Crippen MR) is 125 cm³/mol. The van der Waals surface area contributed by atoms with Gasteiger partial charge in [0.05, 0.1) is 0 Å². The summed E-state index contributed by atoms with van der Waals surface area (Å²) in [4.78, 5) is 12.7. The first-order chi connectivity index (χ1) is 16.2. The number of aryl methyl sites for hydroxylation is 2. The van der Waals surface area contributed by atoms with Crippen LogP contribution >= 0.6 is 0 Å². The number of nitrogens with zero attached hydrogens (tertiary/aromatic N) is 3. The maximum absolute atomic E-state index is 12.7. The topological polar surface area (TPSA) is 82.2 Å². The Morgan fingerprint density at radius 2 is 1.94 bits per heavy atom. The van der Waals surface area contributed by atoms with Gasteiger partial charge in [-0.05, 0) is 56.2 Å². The minimum Gasteiger partial charge on any atom is -0.486 e. The molecule has 0 aliphatic carbocycles. The van der Waals surface area contributed by atoms with E-state index in [1.54, 1.807) is 12.1 Å². The Morgan fingerprint density at radius 3 is 2.82 bits per heavy atom. The van der Waals surface area contributed by atoms with E-state index < -0.39 is 0 Å². The maximum atomic E-state index is 12.7. The number of anilines is 1. The molecule has 5 rings (SSSR count). The minimum absolute atomic E-state index is 0.235. The van der Waals surface area contributed by atoms with Crippen LogP contribution in [0.15, 0.2) is 65.1 Å². The molecule has 1 aliphatic heterocycles. The van der Waals surface area contributed by atoms with E-state index in [0.717, 1.165) is 48.8 Å². The van der Waals surface area contributed by atoms with Crippen molar-refractivity contribution in [1.82, 2.24) is 14.8 Å². The van der Waals surface area contributed by atoms with Gasteiger partial charge in [-0.1, -0.05) is 36.2 Å². The number of fused-ring (bicyclic) bond motifs is 1. The summed E-state index contributed by atoms with van der Waals surface area (Å²) >= 11 is 0. The third kappa shape index (κ3) is 4.82. The predicted octanol–water partition coefficient (Wildman–Crippen LogP) is 5.40. The van der Waals surface area contributed by atoms with Crippen LogP contribution in [-0.4, -0.2) is 20.7 Å². The quantitative estimate of drug-likeness (QED) is 0.432. The largest absolute Gasteiger partial charge is 0.486 e. The van der Waals surface area contributed by atoms with Crippen molar-refractivity contribution < 1.29 is 13.9 Å². The molecule has 1 N–H and O–H groups in total. The molecule has 4 aromatic rings. The van der Waals surface area contributed by atoms with E-state index in [4.69, 9.17) is 9.15 Å². The van der Waals surface area contributed by atoms with Gasteiger partial charge in [0.1, 0.15) is 23.9 Å². The van der Waals surface area contributed by atoms with Gasteiger partial charge in [0.25, 0.3) is 5.91 Å². The highest BCUT2D eigenvalue weighted by Crippen LogP contribution is 2.25. The Bertz CT molecular complexity index is 1260. The van der Waals surface area contributed by atoms with E-state index in [1.807, 2.05) is 55.5 Å². The number of carbonyl (C=O) groups excluding carboxylic acids is 1. The van der Waals surface area contributed by atoms with Gasteiger partial charge in [-0.25, -0.2) is 0 Å². The van der Waals surface area contributed by atoms with Crippen LogP contribution in [0.2, 0.25) is 0 Å². The Morgan fingerprint density at radius 1 is 1.06 bits per heavy atom. The van der Waals surface area contributed by atoms with E-state index in [-0.39, 0.29) is 18.3 Å². The number of ether oxygens (including phenoxy) is 1. The summed E-state index contributed by atoms with van der Waals surface area (Å²) in [6, 6.07) is 18.9. The fourth-order valence-corrected chi connectivity index (χ4v) is 3.99. The molecule has 0 atom stereocenters. The minimum atomic E-state index is -0.311. The van der Waals surface area contributed by atoms with Crippen LogP contribution in [0.4, 0.5) is 5.69 Å². The molecule has 7 nitrogen and oxygen atoms in total. The summed E-state index contributed by atoms with van der Waals surface area (Å²) in [6.45, 7) is 3.20. The molecule has 0 saturated heterocycles. The molecule has 2 aromatic heterocycles. The van der Waals surface area contributed by atoms with Crippen LogP contribution in [-0.2, 0) is 19.6 Å². The number of nitrogens with one attached hydrogen (secondary N) is 1. The third-order valence-corrected chi connectivity index (χ3v) is 5.78. The summed E-state index contributed by atoms with van der Waals surface area (Å²) in [7, 11) is 0. The maximum Gasteiger partial charge on any atom is 0.291 e. The molecule has 0 saturated carbocycles. The first kappa shape index (κ1) is 21.0. The molecule has 168 valence electrons. The van der Waals surface area contributed by atoms with Crippen molar-refractivity contribution in [3.05, 3.63) is 83.6 Å². The van der Waals surface area contributed by atoms with E-state index in [1.165, 1.54) is 12.0 Å². The number of carbonyl (C=O) groups is 1. The molecular formula is C26H26N4O3. The van der Waals surface area contributed by atoms with Crippen molar-refractivity contribution in [3.63, 3.8) is 0 Å². The zero-order valence-corrected chi connectivity index (χ0v) is 18.6. The van der Waals surface area contributed by atoms with Crippen LogP contribution in [0.5, 0.6) is 5.75 Å². The number of benzene rings is 2. The highest BCUT2D eigenvalue weighted by atomic mass is 16.5. The van der Waals surface area contributed by atoms with Gasteiger partial charge in [-0.15, -0.1) is 10.2 Å². The van der Waals surface area contributed by atoms with Gasteiger partial charge in [-0.3, -0.25) is 4.79 Å². The standard InChI is InChI=1S/C26H26N4O3/c1-18-9-11-21(12-10-18)32-17-22-13-14-23(33-22)26(31)27-20-7-5-6-19(16-20)25-29-28-24-8-3-2-4-15-30(24)25/h5-7,9-14,16H,2-4,8,15,17H2,1H3,(H,27,31). The molecule has 1 aliphatic rings. The lowest BCUT2D eigenvalue weighted by molar-refractivity contribution is 0.0992. The highest BCUT2D eigenvalue weighted by Gasteiger charge is 2.17. The van der Waals surface area contributed by atoms with Crippen molar-refractivity contribution in [2.45, 2.75) is 45.8 Å². The Balaban J connectivity index is 1.25. The van der Waals surface area contributed by atoms with E-state index in [9.17, 15) is 4.79 Å². The second-order valence-electron chi connectivity index (χ2n) is 8.30. The third-order valence-electron chi connectivity index (χ3n) is 5.78. The van der Waals surface area contributed by atoms with Crippen molar-refractivity contribution in [1.29, 1.82) is 0 Å². The van der Waals surface area contributed by atoms with Gasteiger partial charge in [-0.2, -0.15) is 0 Å². The fraction of sp³-hybridized carbons (Fsp3) is 0.269. The van der Waals surface area contributed by atoms with Crippen molar-refractivity contribution in [2.75, 3.05) is 5.32 Å². The molecule has 1 amide bonds. The molecule has 3 heterocycles. The van der Waals surface area contributed by atoms with Gasteiger partial charge in [0.2, 0.25) is 0 Å². The van der Waals surface area contributed by atoms with E-state index in [2.05, 4.69) is 20.1 Å². The molecule has 33 heavy (non-hydrogen) atoms. The number of rotatable bonds is 6. The average molecular weight is 443 g/mol. The second-order valence-corrected chi connectivity index (χ2v) is 8.30. The van der Waals surface area contributed by atoms with Gasteiger partial charge in [0, 0.05) is 24.2 Å². The zero-order chi connectivity index (χ0) is 22.6. The molecule has 0 fully saturated rings. The lowest BCUT2D eigenvalue weighted by Gasteiger charge is -2.09. The normalized spacial score (nSPS) is 13.2. The molecule has 0 radical (unpaired) electrons. The molecular weight excluding hydrogens is 416 g/mol. The van der Waals surface area contributed by atoms with Crippen LogP contribution in [0.1, 0.15) is 47.0 Å². The number of hydrogen-bond acceptors (Lipinski definition) is 5. The molecule has 2 aromatic carbocycles. The van der Waals surface area contributed by atoms with Gasteiger partial charge >= 0.3 is 0 Å². The van der Waals surface area contributed by atoms with Gasteiger partial charge < -0.3 is 19.0 Å². The van der Waals surface area contributed by atoms with Crippen molar-refractivity contribution >= 4 is 11.6 Å². The lowest BCUT2D eigenvalue weighted by atomic mass is 10.2. The van der Waals surface area contributed by atoms with Gasteiger partial charge in [0.15, 0.2) is 11.6 Å². The van der Waals surface area contributed by atoms with E-state index >= 15 is 0 Å². The van der Waals surface area contributed by atoms with Crippen LogP contribution < -0.4 is 10.1 Å². The number of aromatic nitrogens is 3. The Labute approximate surface area is 192 Å². The number of amides is 1. The first-order valence-electron chi connectivity index (χ1n) is 11.3. The fourth-order valence-electron chi connectivity index (χ4n) is 3.99. The molecule has 0 bridgehead atoms.